The molecule has 1 saturated heterocycles. The third-order valence-electron chi connectivity index (χ3n) is 4.45. The molecule has 0 spiro atoms. The van der Waals surface area contributed by atoms with Crippen LogP contribution >= 0.6 is 0 Å². The molecule has 3 rings (SSSR count). The van der Waals surface area contributed by atoms with Crippen LogP contribution < -0.4 is 5.32 Å². The van der Waals surface area contributed by atoms with E-state index in [0.717, 1.165) is 32.2 Å². The van der Waals surface area contributed by atoms with Gasteiger partial charge >= 0.3 is 6.03 Å². The summed E-state index contributed by atoms with van der Waals surface area (Å²) in [6, 6.07) is 19.6. The van der Waals surface area contributed by atoms with Gasteiger partial charge in [-0.25, -0.2) is 4.79 Å². The number of urea groups is 1. The number of nitrogens with one attached hydrogen (secondary N) is 1. The zero-order valence-corrected chi connectivity index (χ0v) is 13.6. The van der Waals surface area contributed by atoms with Crippen LogP contribution in [0.2, 0.25) is 0 Å². The van der Waals surface area contributed by atoms with E-state index in [-0.39, 0.29) is 12.1 Å². The van der Waals surface area contributed by atoms with E-state index < -0.39 is 0 Å². The zero-order chi connectivity index (χ0) is 16.8. The first kappa shape index (κ1) is 16.1. The average molecular weight is 319 g/mol. The summed E-state index contributed by atoms with van der Waals surface area (Å²) in [4.78, 5) is 14.6. The first-order valence-electron chi connectivity index (χ1n) is 8.38. The lowest BCUT2D eigenvalue weighted by molar-refractivity contribution is 0.162. The summed E-state index contributed by atoms with van der Waals surface area (Å²) in [5.74, 6) is 0. The van der Waals surface area contributed by atoms with Crippen molar-refractivity contribution in [1.29, 1.82) is 5.26 Å². The van der Waals surface area contributed by atoms with E-state index in [9.17, 15) is 4.79 Å². The SMILES string of the molecule is N#Cc1cccc(NC(=O)N2CCCC[C@@H]2Cc2ccccc2)c1. The van der Waals surface area contributed by atoms with Crippen LogP contribution in [0.1, 0.15) is 30.4 Å². The van der Waals surface area contributed by atoms with E-state index in [4.69, 9.17) is 5.26 Å². The highest BCUT2D eigenvalue weighted by Crippen LogP contribution is 2.22. The van der Waals surface area contributed by atoms with Crippen molar-refractivity contribution >= 4 is 11.7 Å². The van der Waals surface area contributed by atoms with Gasteiger partial charge in [-0.3, -0.25) is 0 Å². The van der Waals surface area contributed by atoms with Gasteiger partial charge in [0, 0.05) is 18.3 Å². The summed E-state index contributed by atoms with van der Waals surface area (Å²) in [7, 11) is 0. The second kappa shape index (κ2) is 7.65. The second-order valence-electron chi connectivity index (χ2n) is 6.16. The maximum Gasteiger partial charge on any atom is 0.322 e. The van der Waals surface area contributed by atoms with E-state index in [1.54, 1.807) is 18.2 Å². The number of anilines is 1. The van der Waals surface area contributed by atoms with Gasteiger partial charge in [0.25, 0.3) is 0 Å². The molecule has 4 nitrogen and oxygen atoms in total. The van der Waals surface area contributed by atoms with Gasteiger partial charge in [0.2, 0.25) is 0 Å². The van der Waals surface area contributed by atoms with Gasteiger partial charge in [0.1, 0.15) is 0 Å². The van der Waals surface area contributed by atoms with E-state index in [2.05, 4.69) is 23.5 Å². The van der Waals surface area contributed by atoms with Crippen LogP contribution in [-0.2, 0) is 6.42 Å². The lowest BCUT2D eigenvalue weighted by Crippen LogP contribution is -2.46. The van der Waals surface area contributed by atoms with Gasteiger partial charge < -0.3 is 10.2 Å². The molecule has 0 unspecified atom stereocenters. The Kier molecular flexibility index (Phi) is 5.12. The number of hydrogen-bond donors (Lipinski definition) is 1. The Balaban J connectivity index is 1.70. The predicted molar refractivity (Wildman–Crippen MR) is 94.7 cm³/mol. The van der Waals surface area contributed by atoms with Crippen LogP contribution in [0.15, 0.2) is 54.6 Å². The van der Waals surface area contributed by atoms with Crippen molar-refractivity contribution in [3.63, 3.8) is 0 Å². The molecule has 1 atom stereocenters. The van der Waals surface area contributed by atoms with Gasteiger partial charge in [-0.2, -0.15) is 5.26 Å². The first-order chi connectivity index (χ1) is 11.8. The Hall–Kier alpha value is -2.80. The smallest absolute Gasteiger partial charge is 0.321 e. The van der Waals surface area contributed by atoms with Crippen molar-refractivity contribution in [3.05, 3.63) is 65.7 Å². The summed E-state index contributed by atoms with van der Waals surface area (Å²) >= 11 is 0. The largest absolute Gasteiger partial charge is 0.322 e. The molecule has 0 aliphatic carbocycles. The monoisotopic (exact) mass is 319 g/mol. The molecular weight excluding hydrogens is 298 g/mol. The number of piperidine rings is 1. The number of rotatable bonds is 3. The third kappa shape index (κ3) is 3.94. The maximum atomic E-state index is 12.7. The molecule has 0 saturated carbocycles. The van der Waals surface area contributed by atoms with Gasteiger partial charge in [-0.1, -0.05) is 36.4 Å². The number of nitriles is 1. The highest BCUT2D eigenvalue weighted by Gasteiger charge is 2.26. The molecule has 2 amide bonds. The number of benzene rings is 2. The number of amides is 2. The van der Waals surface area contributed by atoms with E-state index in [0.29, 0.717) is 11.3 Å². The van der Waals surface area contributed by atoms with Gasteiger partial charge in [-0.15, -0.1) is 0 Å². The van der Waals surface area contributed by atoms with Crippen molar-refractivity contribution in [3.8, 4) is 6.07 Å². The highest BCUT2D eigenvalue weighted by molar-refractivity contribution is 5.89. The molecule has 1 aliphatic heterocycles. The van der Waals surface area contributed by atoms with Gasteiger partial charge in [0.05, 0.1) is 11.6 Å². The molecule has 122 valence electrons. The second-order valence-corrected chi connectivity index (χ2v) is 6.16. The van der Waals surface area contributed by atoms with E-state index in [1.807, 2.05) is 29.2 Å². The Bertz CT molecular complexity index is 736. The zero-order valence-electron chi connectivity index (χ0n) is 13.6. The molecule has 24 heavy (non-hydrogen) atoms. The molecule has 1 aliphatic rings. The lowest BCUT2D eigenvalue weighted by atomic mass is 9.96. The molecule has 0 bridgehead atoms. The first-order valence-corrected chi connectivity index (χ1v) is 8.38. The number of carbonyl (C=O) groups is 1. The fourth-order valence-corrected chi connectivity index (χ4v) is 3.23. The molecule has 1 heterocycles. The standard InChI is InChI=1S/C20H21N3O/c21-15-17-9-6-10-18(13-17)22-20(24)23-12-5-4-11-19(23)14-16-7-2-1-3-8-16/h1-3,6-10,13,19H,4-5,11-12,14H2,(H,22,24)/t19-/m1/s1. The molecule has 0 radical (unpaired) electrons. The van der Waals surface area contributed by atoms with Crippen LogP contribution in [-0.4, -0.2) is 23.5 Å². The quantitative estimate of drug-likeness (QED) is 0.922. The van der Waals surface area contributed by atoms with Crippen LogP contribution in [0.25, 0.3) is 0 Å². The summed E-state index contributed by atoms with van der Waals surface area (Å²) < 4.78 is 0. The van der Waals surface area contributed by atoms with Crippen LogP contribution in [0.4, 0.5) is 10.5 Å². The topological polar surface area (TPSA) is 56.1 Å². The Morgan fingerprint density at radius 2 is 2.00 bits per heavy atom. The molecule has 1 N–H and O–H groups in total. The minimum atomic E-state index is -0.0780. The summed E-state index contributed by atoms with van der Waals surface area (Å²) in [5, 5.41) is 11.9. The Labute approximate surface area is 142 Å². The average Bonchev–Trinajstić information content (AvgIpc) is 2.63. The van der Waals surface area contributed by atoms with Crippen LogP contribution in [0.5, 0.6) is 0 Å². The van der Waals surface area contributed by atoms with Gasteiger partial charge in [-0.05, 0) is 49.4 Å². The fraction of sp³-hybridized carbons (Fsp3) is 0.300. The normalized spacial score (nSPS) is 17.1. The van der Waals surface area contributed by atoms with Crippen LogP contribution in [0, 0.1) is 11.3 Å². The van der Waals surface area contributed by atoms with Crippen molar-refractivity contribution in [1.82, 2.24) is 4.90 Å². The number of hydrogen-bond acceptors (Lipinski definition) is 2. The number of carbonyl (C=O) groups excluding carboxylic acids is 1. The summed E-state index contributed by atoms with van der Waals surface area (Å²) in [6.45, 7) is 0.779. The van der Waals surface area contributed by atoms with Crippen molar-refractivity contribution in [2.45, 2.75) is 31.7 Å². The predicted octanol–water partition coefficient (Wildman–Crippen LogP) is 4.19. The maximum absolute atomic E-state index is 12.7. The van der Waals surface area contributed by atoms with Crippen LogP contribution in [0.3, 0.4) is 0 Å². The molecule has 4 heteroatoms. The van der Waals surface area contributed by atoms with Crippen molar-refractivity contribution in [2.75, 3.05) is 11.9 Å². The highest BCUT2D eigenvalue weighted by atomic mass is 16.2. The minimum Gasteiger partial charge on any atom is -0.321 e. The Morgan fingerprint density at radius 1 is 1.17 bits per heavy atom. The summed E-state index contributed by atoms with van der Waals surface area (Å²) in [5.41, 5.74) is 2.48. The fourth-order valence-electron chi connectivity index (χ4n) is 3.23. The molecule has 1 fully saturated rings. The van der Waals surface area contributed by atoms with Crippen molar-refractivity contribution in [2.24, 2.45) is 0 Å². The lowest BCUT2D eigenvalue weighted by Gasteiger charge is -2.36. The number of nitrogens with zero attached hydrogens (tertiary/aromatic N) is 2. The Morgan fingerprint density at radius 3 is 2.79 bits per heavy atom. The van der Waals surface area contributed by atoms with Gasteiger partial charge in [0.15, 0.2) is 0 Å². The molecule has 2 aromatic carbocycles. The summed E-state index contributed by atoms with van der Waals surface area (Å²) in [6.07, 6.45) is 4.11. The number of likely N-dealkylation sites (tertiary alicyclic amines) is 1. The molecule has 2 aromatic rings. The van der Waals surface area contributed by atoms with E-state index in [1.165, 1.54) is 5.56 Å². The third-order valence-corrected chi connectivity index (χ3v) is 4.45. The van der Waals surface area contributed by atoms with E-state index >= 15 is 0 Å². The molecular formula is C20H21N3O. The minimum absolute atomic E-state index is 0.0780. The molecule has 0 aromatic heterocycles. The van der Waals surface area contributed by atoms with Crippen molar-refractivity contribution < 1.29 is 4.79 Å².